The van der Waals surface area contributed by atoms with E-state index in [1.165, 1.54) is 17.2 Å². The lowest BCUT2D eigenvalue weighted by molar-refractivity contribution is -0.141. The molecule has 5 rings (SSSR count). The summed E-state index contributed by atoms with van der Waals surface area (Å²) in [6.07, 6.45) is 0. The quantitative estimate of drug-likeness (QED) is 0.499. The first-order valence-corrected chi connectivity index (χ1v) is 11.6. The summed E-state index contributed by atoms with van der Waals surface area (Å²) in [6.45, 7) is 4.98. The summed E-state index contributed by atoms with van der Waals surface area (Å²) in [6, 6.07) is 13.3. The monoisotopic (exact) mass is 483 g/mol. The molecule has 0 atom stereocenters. The van der Waals surface area contributed by atoms with Crippen molar-refractivity contribution in [2.75, 3.05) is 40.1 Å². The van der Waals surface area contributed by atoms with Gasteiger partial charge in [0, 0.05) is 49.9 Å². The van der Waals surface area contributed by atoms with Gasteiger partial charge in [-0.15, -0.1) is 0 Å². The minimum absolute atomic E-state index is 0.149. The Hall–Kier alpha value is -3.07. The zero-order valence-electron chi connectivity index (χ0n) is 19.0. The van der Waals surface area contributed by atoms with Crippen LogP contribution in [0.15, 0.2) is 47.3 Å². The zero-order valence-corrected chi connectivity index (χ0v) is 19.7. The highest BCUT2D eigenvalue weighted by Gasteiger charge is 2.21. The van der Waals surface area contributed by atoms with Crippen LogP contribution in [0.3, 0.4) is 0 Å². The summed E-state index contributed by atoms with van der Waals surface area (Å²) in [5.41, 5.74) is 2.28. The Kier molecular flexibility index (Phi) is 6.45. The number of aromatic nitrogens is 1. The standard InChI is InChI=1S/C25H26ClN3O5/c1-32-24(30)15-29-21-12-20(26)4-3-18(21)11-19(25(29)31)14-28-8-6-27(7-9-28)13-17-2-5-22-23(10-17)34-16-33-22/h2-5,10-12H,6-9,13-16H2,1H3. The topological polar surface area (TPSA) is 73.2 Å². The number of fused-ring (bicyclic) bond motifs is 2. The van der Waals surface area contributed by atoms with Gasteiger partial charge in [-0.1, -0.05) is 23.7 Å². The first kappa shape index (κ1) is 22.7. The average Bonchev–Trinajstić information content (AvgIpc) is 3.31. The number of carbonyl (C=O) groups is 1. The van der Waals surface area contributed by atoms with Gasteiger partial charge in [0.15, 0.2) is 11.5 Å². The third-order valence-electron chi connectivity index (χ3n) is 6.35. The number of methoxy groups -OCH3 is 1. The summed E-state index contributed by atoms with van der Waals surface area (Å²) in [5.74, 6) is 1.12. The van der Waals surface area contributed by atoms with Crippen LogP contribution in [0.25, 0.3) is 10.9 Å². The van der Waals surface area contributed by atoms with Gasteiger partial charge in [-0.3, -0.25) is 24.0 Å². The number of nitrogens with zero attached hydrogens (tertiary/aromatic N) is 3. The number of esters is 1. The molecule has 0 saturated carbocycles. The largest absolute Gasteiger partial charge is 0.468 e. The molecule has 1 aromatic heterocycles. The van der Waals surface area contributed by atoms with E-state index in [0.29, 0.717) is 22.6 Å². The molecule has 0 aliphatic carbocycles. The van der Waals surface area contributed by atoms with Crippen LogP contribution in [0.4, 0.5) is 0 Å². The van der Waals surface area contributed by atoms with E-state index in [2.05, 4.69) is 15.9 Å². The molecule has 34 heavy (non-hydrogen) atoms. The number of pyridine rings is 1. The molecule has 0 N–H and O–H groups in total. The van der Waals surface area contributed by atoms with E-state index in [1.807, 2.05) is 24.3 Å². The van der Waals surface area contributed by atoms with Crippen molar-refractivity contribution in [2.45, 2.75) is 19.6 Å². The van der Waals surface area contributed by atoms with E-state index in [0.717, 1.165) is 49.6 Å². The van der Waals surface area contributed by atoms with Gasteiger partial charge in [-0.25, -0.2) is 0 Å². The van der Waals surface area contributed by atoms with Crippen LogP contribution in [0.1, 0.15) is 11.1 Å². The van der Waals surface area contributed by atoms with Gasteiger partial charge in [0.05, 0.1) is 12.6 Å². The molecule has 1 fully saturated rings. The fourth-order valence-electron chi connectivity index (χ4n) is 4.51. The summed E-state index contributed by atoms with van der Waals surface area (Å²) in [7, 11) is 1.31. The number of benzene rings is 2. The Bertz CT molecular complexity index is 1280. The molecule has 0 spiro atoms. The molecule has 0 radical (unpaired) electrons. The zero-order chi connectivity index (χ0) is 23.7. The van der Waals surface area contributed by atoms with Gasteiger partial charge >= 0.3 is 5.97 Å². The Balaban J connectivity index is 1.28. The molecule has 8 nitrogen and oxygen atoms in total. The van der Waals surface area contributed by atoms with Crippen LogP contribution >= 0.6 is 11.6 Å². The molecule has 3 heterocycles. The molecule has 2 aliphatic rings. The van der Waals surface area contributed by atoms with E-state index >= 15 is 0 Å². The number of rotatable bonds is 6. The van der Waals surface area contributed by atoms with E-state index in [9.17, 15) is 9.59 Å². The Morgan fingerprint density at radius 1 is 0.971 bits per heavy atom. The van der Waals surface area contributed by atoms with Crippen molar-refractivity contribution in [3.05, 3.63) is 69.0 Å². The van der Waals surface area contributed by atoms with Crippen LogP contribution in [-0.4, -0.2) is 60.4 Å². The maximum atomic E-state index is 13.3. The third kappa shape index (κ3) is 4.75. The summed E-state index contributed by atoms with van der Waals surface area (Å²) in [4.78, 5) is 29.9. The lowest BCUT2D eigenvalue weighted by atomic mass is 10.1. The van der Waals surface area contributed by atoms with Gasteiger partial charge in [-0.2, -0.15) is 0 Å². The Morgan fingerprint density at radius 3 is 2.47 bits per heavy atom. The highest BCUT2D eigenvalue weighted by molar-refractivity contribution is 6.31. The van der Waals surface area contributed by atoms with E-state index < -0.39 is 5.97 Å². The maximum Gasteiger partial charge on any atom is 0.325 e. The number of hydrogen-bond acceptors (Lipinski definition) is 7. The van der Waals surface area contributed by atoms with Crippen LogP contribution in [0.5, 0.6) is 11.5 Å². The van der Waals surface area contributed by atoms with Crippen molar-refractivity contribution in [2.24, 2.45) is 0 Å². The van der Waals surface area contributed by atoms with Gasteiger partial charge < -0.3 is 14.2 Å². The number of carbonyl (C=O) groups excluding carboxylic acids is 1. The minimum Gasteiger partial charge on any atom is -0.468 e. The highest BCUT2D eigenvalue weighted by Crippen LogP contribution is 2.33. The fraction of sp³-hybridized carbons (Fsp3) is 0.360. The van der Waals surface area contributed by atoms with Crippen molar-refractivity contribution in [3.8, 4) is 11.5 Å². The number of hydrogen-bond donors (Lipinski definition) is 0. The molecule has 1 saturated heterocycles. The molecule has 2 aliphatic heterocycles. The molecule has 0 amide bonds. The van der Waals surface area contributed by atoms with Crippen molar-refractivity contribution >= 4 is 28.5 Å². The second kappa shape index (κ2) is 9.66. The molecular formula is C25H26ClN3O5. The lowest BCUT2D eigenvalue weighted by Crippen LogP contribution is -2.46. The summed E-state index contributed by atoms with van der Waals surface area (Å²) in [5, 5.41) is 1.38. The third-order valence-corrected chi connectivity index (χ3v) is 6.58. The highest BCUT2D eigenvalue weighted by atomic mass is 35.5. The second-order valence-corrected chi connectivity index (χ2v) is 9.02. The molecule has 3 aromatic rings. The van der Waals surface area contributed by atoms with Crippen molar-refractivity contribution in [1.82, 2.24) is 14.4 Å². The Morgan fingerprint density at radius 2 is 1.71 bits per heavy atom. The van der Waals surface area contributed by atoms with Gasteiger partial charge in [0.2, 0.25) is 6.79 Å². The van der Waals surface area contributed by atoms with E-state index in [1.54, 1.807) is 12.1 Å². The second-order valence-electron chi connectivity index (χ2n) is 8.58. The van der Waals surface area contributed by atoms with E-state index in [4.69, 9.17) is 25.8 Å². The SMILES string of the molecule is COC(=O)Cn1c(=O)c(CN2CCN(Cc3ccc4c(c3)OCO4)CC2)cc2ccc(Cl)cc21. The molecule has 2 aromatic carbocycles. The maximum absolute atomic E-state index is 13.3. The first-order chi connectivity index (χ1) is 16.5. The van der Waals surface area contributed by atoms with Crippen molar-refractivity contribution < 1.29 is 19.0 Å². The molecule has 0 unspecified atom stereocenters. The number of halogens is 1. The smallest absolute Gasteiger partial charge is 0.325 e. The normalized spacial score (nSPS) is 16.2. The lowest BCUT2D eigenvalue weighted by Gasteiger charge is -2.34. The summed E-state index contributed by atoms with van der Waals surface area (Å²) < 4.78 is 17.1. The van der Waals surface area contributed by atoms with Crippen LogP contribution in [-0.2, 0) is 29.2 Å². The van der Waals surface area contributed by atoms with Gasteiger partial charge in [0.25, 0.3) is 5.56 Å². The molecule has 0 bridgehead atoms. The minimum atomic E-state index is -0.474. The van der Waals surface area contributed by atoms with Crippen LogP contribution in [0.2, 0.25) is 5.02 Å². The molecule has 9 heteroatoms. The predicted octanol–water partition coefficient (Wildman–Crippen LogP) is 2.87. The molecule has 178 valence electrons. The van der Waals surface area contributed by atoms with Crippen LogP contribution < -0.4 is 15.0 Å². The predicted molar refractivity (Wildman–Crippen MR) is 128 cm³/mol. The van der Waals surface area contributed by atoms with E-state index in [-0.39, 0.29) is 18.9 Å². The first-order valence-electron chi connectivity index (χ1n) is 11.2. The fourth-order valence-corrected chi connectivity index (χ4v) is 4.68. The molecular weight excluding hydrogens is 458 g/mol. The number of ether oxygens (including phenoxy) is 3. The van der Waals surface area contributed by atoms with Gasteiger partial charge in [-0.05, 0) is 41.3 Å². The van der Waals surface area contributed by atoms with Crippen LogP contribution in [0, 0.1) is 0 Å². The Labute approximate surface area is 202 Å². The van der Waals surface area contributed by atoms with Crippen molar-refractivity contribution in [3.63, 3.8) is 0 Å². The van der Waals surface area contributed by atoms with Gasteiger partial charge in [0.1, 0.15) is 6.54 Å². The summed E-state index contributed by atoms with van der Waals surface area (Å²) >= 11 is 6.15. The van der Waals surface area contributed by atoms with Crippen molar-refractivity contribution in [1.29, 1.82) is 0 Å². The average molecular weight is 484 g/mol. The number of piperazine rings is 1.